The van der Waals surface area contributed by atoms with Crippen molar-refractivity contribution in [1.82, 2.24) is 29.9 Å². The summed E-state index contributed by atoms with van der Waals surface area (Å²) in [7, 11) is 1.83. The fourth-order valence-corrected chi connectivity index (χ4v) is 1.53. The van der Waals surface area contributed by atoms with Crippen LogP contribution in [0.4, 0.5) is 5.95 Å². The highest BCUT2D eigenvalue weighted by Gasteiger charge is 2.10. The number of hydrogen-bond donors (Lipinski definition) is 1. The van der Waals surface area contributed by atoms with E-state index in [0.717, 1.165) is 5.56 Å². The number of anilines is 1. The van der Waals surface area contributed by atoms with Crippen LogP contribution in [0.25, 0.3) is 11.4 Å². The van der Waals surface area contributed by atoms with Gasteiger partial charge >= 0.3 is 0 Å². The number of aryl methyl sites for hydroxylation is 1. The first-order valence-corrected chi connectivity index (χ1v) is 5.64. The molecule has 0 aliphatic carbocycles. The van der Waals surface area contributed by atoms with E-state index in [2.05, 4.69) is 30.5 Å². The highest BCUT2D eigenvalue weighted by atomic mass is 16.5. The fourth-order valence-electron chi connectivity index (χ4n) is 1.53. The molecule has 0 amide bonds. The van der Waals surface area contributed by atoms with E-state index in [0.29, 0.717) is 24.2 Å². The third kappa shape index (κ3) is 2.57. The Bertz CT molecular complexity index is 661. The van der Waals surface area contributed by atoms with Crippen LogP contribution in [0.3, 0.4) is 0 Å². The van der Waals surface area contributed by atoms with Gasteiger partial charge in [0.05, 0.1) is 18.3 Å². The summed E-state index contributed by atoms with van der Waals surface area (Å²) in [5.74, 6) is 1.49. The van der Waals surface area contributed by atoms with Gasteiger partial charge in [-0.15, -0.1) is 0 Å². The molecule has 3 aromatic heterocycles. The van der Waals surface area contributed by atoms with Crippen LogP contribution in [0.15, 0.2) is 35.4 Å². The minimum absolute atomic E-state index is 0.372. The van der Waals surface area contributed by atoms with Crippen molar-refractivity contribution in [2.75, 3.05) is 5.32 Å². The SMILES string of the molecule is Cn1cc(-c2noc(CNc3ncccn3)n2)cn1. The molecule has 3 heterocycles. The van der Waals surface area contributed by atoms with E-state index in [1.165, 1.54) is 0 Å². The lowest BCUT2D eigenvalue weighted by molar-refractivity contribution is 0.384. The Morgan fingerprint density at radius 2 is 2.16 bits per heavy atom. The first kappa shape index (κ1) is 11.3. The molecule has 3 aromatic rings. The fraction of sp³-hybridized carbons (Fsp3) is 0.182. The molecule has 0 unspecified atom stereocenters. The van der Waals surface area contributed by atoms with Crippen molar-refractivity contribution in [1.29, 1.82) is 0 Å². The van der Waals surface area contributed by atoms with Gasteiger partial charge in [0.15, 0.2) is 0 Å². The highest BCUT2D eigenvalue weighted by Crippen LogP contribution is 2.14. The lowest BCUT2D eigenvalue weighted by Gasteiger charge is -1.98. The van der Waals surface area contributed by atoms with Crippen LogP contribution < -0.4 is 5.32 Å². The predicted octanol–water partition coefficient (Wildman–Crippen LogP) is 0.872. The molecule has 0 saturated heterocycles. The Kier molecular flexibility index (Phi) is 2.89. The summed E-state index contributed by atoms with van der Waals surface area (Å²) in [6, 6.07) is 1.75. The van der Waals surface area contributed by atoms with E-state index >= 15 is 0 Å². The minimum atomic E-state index is 0.372. The highest BCUT2D eigenvalue weighted by molar-refractivity contribution is 5.51. The first-order chi connectivity index (χ1) is 9.31. The summed E-state index contributed by atoms with van der Waals surface area (Å²) in [6.07, 6.45) is 6.82. The van der Waals surface area contributed by atoms with Gasteiger partial charge in [-0.25, -0.2) is 9.97 Å². The summed E-state index contributed by atoms with van der Waals surface area (Å²) in [4.78, 5) is 12.3. The van der Waals surface area contributed by atoms with Gasteiger partial charge < -0.3 is 9.84 Å². The molecular weight excluding hydrogens is 246 g/mol. The van der Waals surface area contributed by atoms with Gasteiger partial charge in [0.2, 0.25) is 17.7 Å². The number of rotatable bonds is 4. The first-order valence-electron chi connectivity index (χ1n) is 5.64. The molecule has 0 aromatic carbocycles. The van der Waals surface area contributed by atoms with E-state index in [9.17, 15) is 0 Å². The van der Waals surface area contributed by atoms with Crippen molar-refractivity contribution < 1.29 is 4.52 Å². The number of hydrogen-bond acceptors (Lipinski definition) is 7. The second kappa shape index (κ2) is 4.84. The molecule has 19 heavy (non-hydrogen) atoms. The Morgan fingerprint density at radius 3 is 2.89 bits per heavy atom. The van der Waals surface area contributed by atoms with E-state index in [4.69, 9.17) is 4.52 Å². The minimum Gasteiger partial charge on any atom is -0.345 e. The molecule has 0 fully saturated rings. The zero-order valence-electron chi connectivity index (χ0n) is 10.2. The molecule has 3 rings (SSSR count). The molecular formula is C11H11N7O. The average Bonchev–Trinajstić information content (AvgIpc) is 3.06. The third-order valence-electron chi connectivity index (χ3n) is 2.39. The van der Waals surface area contributed by atoms with E-state index < -0.39 is 0 Å². The Morgan fingerprint density at radius 1 is 1.32 bits per heavy atom. The molecule has 0 aliphatic rings. The zero-order chi connectivity index (χ0) is 13.1. The van der Waals surface area contributed by atoms with Crippen LogP contribution in [-0.2, 0) is 13.6 Å². The molecule has 0 bridgehead atoms. The largest absolute Gasteiger partial charge is 0.345 e. The van der Waals surface area contributed by atoms with Crippen molar-refractivity contribution in [2.45, 2.75) is 6.54 Å². The van der Waals surface area contributed by atoms with Crippen molar-refractivity contribution in [3.8, 4) is 11.4 Å². The van der Waals surface area contributed by atoms with Crippen molar-refractivity contribution in [3.63, 3.8) is 0 Å². The van der Waals surface area contributed by atoms with Gasteiger partial charge in [-0.2, -0.15) is 10.1 Å². The second-order valence-corrected chi connectivity index (χ2v) is 3.84. The molecule has 96 valence electrons. The maximum absolute atomic E-state index is 5.13. The van der Waals surface area contributed by atoms with Crippen molar-refractivity contribution in [2.24, 2.45) is 7.05 Å². The molecule has 1 N–H and O–H groups in total. The predicted molar refractivity (Wildman–Crippen MR) is 65.9 cm³/mol. The van der Waals surface area contributed by atoms with Gasteiger partial charge in [-0.3, -0.25) is 4.68 Å². The van der Waals surface area contributed by atoms with Crippen LogP contribution in [0.5, 0.6) is 0 Å². The lowest BCUT2D eigenvalue weighted by atomic mass is 10.3. The summed E-state index contributed by atoms with van der Waals surface area (Å²) >= 11 is 0. The third-order valence-corrected chi connectivity index (χ3v) is 2.39. The maximum atomic E-state index is 5.13. The molecule has 8 nitrogen and oxygen atoms in total. The topological polar surface area (TPSA) is 94.6 Å². The van der Waals surface area contributed by atoms with Crippen LogP contribution in [0.2, 0.25) is 0 Å². The van der Waals surface area contributed by atoms with Crippen LogP contribution in [0, 0.1) is 0 Å². The summed E-state index contributed by atoms with van der Waals surface area (Å²) in [6.45, 7) is 0.372. The average molecular weight is 257 g/mol. The lowest BCUT2D eigenvalue weighted by Crippen LogP contribution is -2.02. The molecule has 8 heteroatoms. The van der Waals surface area contributed by atoms with E-state index in [-0.39, 0.29) is 0 Å². The molecule has 0 aliphatic heterocycles. The normalized spacial score (nSPS) is 10.6. The summed E-state index contributed by atoms with van der Waals surface area (Å²) in [5, 5.41) is 10.9. The monoisotopic (exact) mass is 257 g/mol. The number of nitrogens with one attached hydrogen (secondary N) is 1. The standard InChI is InChI=1S/C11H11N7O/c1-18-7-8(5-15-18)10-16-9(19-17-10)6-14-11-12-3-2-4-13-11/h2-5,7H,6H2,1H3,(H,12,13,14). The van der Waals surface area contributed by atoms with Gasteiger partial charge in [0.25, 0.3) is 0 Å². The summed E-state index contributed by atoms with van der Waals surface area (Å²) < 4.78 is 6.82. The Labute approximate surface area is 108 Å². The molecule has 0 radical (unpaired) electrons. The smallest absolute Gasteiger partial charge is 0.246 e. The van der Waals surface area contributed by atoms with E-state index in [1.807, 2.05) is 13.2 Å². The molecule has 0 spiro atoms. The Balaban J connectivity index is 1.68. The second-order valence-electron chi connectivity index (χ2n) is 3.84. The van der Waals surface area contributed by atoms with Crippen LogP contribution in [0.1, 0.15) is 5.89 Å². The molecule has 0 saturated carbocycles. The van der Waals surface area contributed by atoms with E-state index in [1.54, 1.807) is 29.3 Å². The molecule has 0 atom stereocenters. The van der Waals surface area contributed by atoms with Crippen LogP contribution >= 0.6 is 0 Å². The number of nitrogens with zero attached hydrogens (tertiary/aromatic N) is 6. The van der Waals surface area contributed by atoms with Gasteiger partial charge in [0.1, 0.15) is 0 Å². The van der Waals surface area contributed by atoms with Crippen molar-refractivity contribution in [3.05, 3.63) is 36.7 Å². The van der Waals surface area contributed by atoms with Gasteiger partial charge in [-0.05, 0) is 6.07 Å². The zero-order valence-corrected chi connectivity index (χ0v) is 10.2. The number of aromatic nitrogens is 6. The van der Waals surface area contributed by atoms with Gasteiger partial charge in [-0.1, -0.05) is 5.16 Å². The van der Waals surface area contributed by atoms with Gasteiger partial charge in [0, 0.05) is 25.6 Å². The quantitative estimate of drug-likeness (QED) is 0.741. The van der Waals surface area contributed by atoms with Crippen molar-refractivity contribution >= 4 is 5.95 Å². The summed E-state index contributed by atoms with van der Waals surface area (Å²) in [5.41, 5.74) is 0.813. The van der Waals surface area contributed by atoms with Crippen LogP contribution in [-0.4, -0.2) is 29.9 Å². The maximum Gasteiger partial charge on any atom is 0.246 e. The Hall–Kier alpha value is -2.77.